The molecule has 1 aromatic carbocycles. The van der Waals surface area contributed by atoms with Crippen LogP contribution in [0, 0.1) is 15.9 Å². The van der Waals surface area contributed by atoms with Gasteiger partial charge in [-0.3, -0.25) is 14.9 Å². The summed E-state index contributed by atoms with van der Waals surface area (Å²) in [6.45, 7) is 0. The molecule has 1 aromatic rings. The predicted molar refractivity (Wildman–Crippen MR) is 43.5 cm³/mol. The van der Waals surface area contributed by atoms with Crippen LogP contribution >= 0.6 is 11.6 Å². The zero-order valence-electron chi connectivity index (χ0n) is 6.16. The molecule has 0 heterocycles. The fourth-order valence-electron chi connectivity index (χ4n) is 0.836. The molecule has 0 radical (unpaired) electrons. The van der Waals surface area contributed by atoms with Crippen LogP contribution in [0.15, 0.2) is 12.1 Å². The maximum Gasteiger partial charge on any atom is 0.316 e. The summed E-state index contributed by atoms with van der Waals surface area (Å²) in [5.41, 5.74) is -1.21. The molecule has 68 valence electrons. The van der Waals surface area contributed by atoms with Crippen molar-refractivity contribution in [1.82, 2.24) is 0 Å². The highest BCUT2D eigenvalue weighted by Crippen LogP contribution is 2.27. The smallest absolute Gasteiger partial charge is 0.298 e. The summed E-state index contributed by atoms with van der Waals surface area (Å²) in [7, 11) is 0. The van der Waals surface area contributed by atoms with Gasteiger partial charge in [0.05, 0.1) is 15.5 Å². The van der Waals surface area contributed by atoms with Crippen molar-refractivity contribution in [3.63, 3.8) is 0 Å². The fraction of sp³-hybridized carbons (Fsp3) is 0. The van der Waals surface area contributed by atoms with Crippen LogP contribution in [0.3, 0.4) is 0 Å². The van der Waals surface area contributed by atoms with Crippen molar-refractivity contribution >= 4 is 23.6 Å². The first-order valence-electron chi connectivity index (χ1n) is 3.15. The Morgan fingerprint density at radius 3 is 2.62 bits per heavy atom. The standard InChI is InChI=1S/C7H3ClFNO3/c8-5-2-1-4(3-11)7(6(5)9)10(12)13/h1-3H. The molecule has 0 saturated heterocycles. The van der Waals surface area contributed by atoms with Crippen molar-refractivity contribution in [2.45, 2.75) is 0 Å². The van der Waals surface area contributed by atoms with E-state index < -0.39 is 16.4 Å². The Morgan fingerprint density at radius 1 is 1.54 bits per heavy atom. The van der Waals surface area contributed by atoms with Gasteiger partial charge >= 0.3 is 5.69 Å². The molecule has 0 fully saturated rings. The zero-order valence-corrected chi connectivity index (χ0v) is 6.92. The summed E-state index contributed by atoms with van der Waals surface area (Å²) < 4.78 is 13.0. The van der Waals surface area contributed by atoms with Crippen molar-refractivity contribution in [3.8, 4) is 0 Å². The largest absolute Gasteiger partial charge is 0.316 e. The van der Waals surface area contributed by atoms with E-state index in [4.69, 9.17) is 11.6 Å². The average Bonchev–Trinajstić information content (AvgIpc) is 2.08. The molecule has 6 heteroatoms. The number of aldehydes is 1. The summed E-state index contributed by atoms with van der Waals surface area (Å²) >= 11 is 5.29. The molecule has 0 amide bonds. The zero-order chi connectivity index (χ0) is 10.0. The molecule has 13 heavy (non-hydrogen) atoms. The Balaban J connectivity index is 3.50. The van der Waals surface area contributed by atoms with Crippen molar-refractivity contribution in [3.05, 3.63) is 38.7 Å². The molecule has 0 N–H and O–H groups in total. The van der Waals surface area contributed by atoms with E-state index in [2.05, 4.69) is 0 Å². The number of benzene rings is 1. The monoisotopic (exact) mass is 203 g/mol. The number of hydrogen-bond acceptors (Lipinski definition) is 3. The summed E-state index contributed by atoms with van der Waals surface area (Å²) in [5, 5.41) is 9.92. The third-order valence-corrected chi connectivity index (χ3v) is 1.70. The van der Waals surface area contributed by atoms with Crippen molar-refractivity contribution in [2.75, 3.05) is 0 Å². The van der Waals surface area contributed by atoms with Gasteiger partial charge in [0.15, 0.2) is 6.29 Å². The topological polar surface area (TPSA) is 60.2 Å². The van der Waals surface area contributed by atoms with Gasteiger partial charge in [0.1, 0.15) is 0 Å². The lowest BCUT2D eigenvalue weighted by molar-refractivity contribution is -0.387. The number of nitro groups is 1. The SMILES string of the molecule is O=Cc1ccc(Cl)c(F)c1[N+](=O)[O-]. The molecule has 0 saturated carbocycles. The lowest BCUT2D eigenvalue weighted by Gasteiger charge is -1.98. The predicted octanol–water partition coefficient (Wildman–Crippen LogP) is 2.20. The third kappa shape index (κ3) is 1.65. The van der Waals surface area contributed by atoms with Crippen LogP contribution < -0.4 is 0 Å². The van der Waals surface area contributed by atoms with Crippen LogP contribution in [-0.4, -0.2) is 11.2 Å². The van der Waals surface area contributed by atoms with Crippen LogP contribution in [0.25, 0.3) is 0 Å². The van der Waals surface area contributed by atoms with Gasteiger partial charge < -0.3 is 0 Å². The molecular weight excluding hydrogens is 201 g/mol. The van der Waals surface area contributed by atoms with Crippen LogP contribution in [0.1, 0.15) is 10.4 Å². The number of rotatable bonds is 2. The van der Waals surface area contributed by atoms with E-state index in [0.29, 0.717) is 0 Å². The molecule has 0 atom stereocenters. The number of hydrogen-bond donors (Lipinski definition) is 0. The van der Waals surface area contributed by atoms with E-state index in [9.17, 15) is 19.3 Å². The third-order valence-electron chi connectivity index (χ3n) is 1.41. The molecule has 0 aromatic heterocycles. The van der Waals surface area contributed by atoms with Gasteiger partial charge in [-0.15, -0.1) is 0 Å². The molecule has 4 nitrogen and oxygen atoms in total. The lowest BCUT2D eigenvalue weighted by Crippen LogP contribution is -1.98. The molecule has 0 bridgehead atoms. The van der Waals surface area contributed by atoms with Gasteiger partial charge in [-0.2, -0.15) is 4.39 Å². The molecule has 0 unspecified atom stereocenters. The van der Waals surface area contributed by atoms with Crippen LogP contribution in [0.4, 0.5) is 10.1 Å². The van der Waals surface area contributed by atoms with E-state index in [0.717, 1.165) is 12.1 Å². The Labute approximate surface area is 77.1 Å². The van der Waals surface area contributed by atoms with E-state index in [1.165, 1.54) is 0 Å². The van der Waals surface area contributed by atoms with E-state index >= 15 is 0 Å². The Morgan fingerprint density at radius 2 is 2.15 bits per heavy atom. The van der Waals surface area contributed by atoms with Gasteiger partial charge in [0.2, 0.25) is 5.82 Å². The quantitative estimate of drug-likeness (QED) is 0.421. The molecule has 0 aliphatic rings. The second-order valence-electron chi connectivity index (χ2n) is 2.17. The molecule has 0 aliphatic heterocycles. The Hall–Kier alpha value is -1.49. The number of carbonyl (C=O) groups excluding carboxylic acids is 1. The number of nitro benzene ring substituents is 1. The first-order valence-corrected chi connectivity index (χ1v) is 3.53. The Bertz CT molecular complexity index is 380. The van der Waals surface area contributed by atoms with Crippen molar-refractivity contribution in [1.29, 1.82) is 0 Å². The molecule has 1 rings (SSSR count). The van der Waals surface area contributed by atoms with Crippen molar-refractivity contribution in [2.24, 2.45) is 0 Å². The highest BCUT2D eigenvalue weighted by Gasteiger charge is 2.22. The lowest BCUT2D eigenvalue weighted by atomic mass is 10.2. The van der Waals surface area contributed by atoms with Gasteiger partial charge in [-0.25, -0.2) is 0 Å². The van der Waals surface area contributed by atoms with E-state index in [-0.39, 0.29) is 16.9 Å². The summed E-state index contributed by atoms with van der Waals surface area (Å²) in [5.74, 6) is -1.18. The minimum Gasteiger partial charge on any atom is -0.298 e. The fourth-order valence-corrected chi connectivity index (χ4v) is 0.988. The van der Waals surface area contributed by atoms with E-state index in [1.54, 1.807) is 0 Å². The molecule has 0 aliphatic carbocycles. The highest BCUT2D eigenvalue weighted by atomic mass is 35.5. The summed E-state index contributed by atoms with van der Waals surface area (Å²) in [4.78, 5) is 19.6. The number of nitrogens with zero attached hydrogens (tertiary/aromatic N) is 1. The van der Waals surface area contributed by atoms with Crippen molar-refractivity contribution < 1.29 is 14.1 Å². The second kappa shape index (κ2) is 3.49. The van der Waals surface area contributed by atoms with E-state index in [1.807, 2.05) is 0 Å². The number of carbonyl (C=O) groups is 1. The summed E-state index contributed by atoms with van der Waals surface area (Å²) in [6, 6.07) is 2.18. The minimum atomic E-state index is -1.18. The van der Waals surface area contributed by atoms with Gasteiger partial charge in [-0.05, 0) is 12.1 Å². The van der Waals surface area contributed by atoms with Crippen LogP contribution in [-0.2, 0) is 0 Å². The molecular formula is C7H3ClFNO3. The first kappa shape index (κ1) is 9.60. The number of halogens is 2. The Kier molecular flexibility index (Phi) is 2.57. The average molecular weight is 204 g/mol. The van der Waals surface area contributed by atoms with Gasteiger partial charge in [0, 0.05) is 0 Å². The van der Waals surface area contributed by atoms with Crippen LogP contribution in [0.2, 0.25) is 5.02 Å². The maximum atomic E-state index is 13.0. The van der Waals surface area contributed by atoms with Gasteiger partial charge in [0.25, 0.3) is 0 Å². The van der Waals surface area contributed by atoms with Crippen LogP contribution in [0.5, 0.6) is 0 Å². The highest BCUT2D eigenvalue weighted by molar-refractivity contribution is 6.31. The normalized spacial score (nSPS) is 9.69. The molecule has 0 spiro atoms. The minimum absolute atomic E-state index is 0.206. The second-order valence-corrected chi connectivity index (χ2v) is 2.58. The van der Waals surface area contributed by atoms with Gasteiger partial charge in [-0.1, -0.05) is 11.6 Å². The first-order chi connectivity index (χ1) is 6.07. The summed E-state index contributed by atoms with van der Waals surface area (Å²) in [6.07, 6.45) is 0.206. The maximum absolute atomic E-state index is 13.0.